The summed E-state index contributed by atoms with van der Waals surface area (Å²) in [5, 5.41) is 0. The second kappa shape index (κ2) is 15.4. The number of hydrogen-bond donors (Lipinski definition) is 0. The molecule has 0 aromatic carbocycles. The first-order valence-electron chi connectivity index (χ1n) is 8.09. The fourth-order valence-electron chi connectivity index (χ4n) is 2.20. The molecule has 0 atom stereocenters. The number of unbranched alkanes of at least 4 members (excludes halogenated alkanes) is 3. The van der Waals surface area contributed by atoms with E-state index in [0.29, 0.717) is 6.61 Å². The van der Waals surface area contributed by atoms with E-state index in [4.69, 9.17) is 4.74 Å². The van der Waals surface area contributed by atoms with Crippen LogP contribution in [0.25, 0.3) is 0 Å². The van der Waals surface area contributed by atoms with E-state index in [0.717, 1.165) is 37.7 Å². The van der Waals surface area contributed by atoms with Crippen LogP contribution in [0.3, 0.4) is 0 Å². The van der Waals surface area contributed by atoms with Crippen molar-refractivity contribution < 1.29 is 9.53 Å². The Morgan fingerprint density at radius 1 is 0.800 bits per heavy atom. The summed E-state index contributed by atoms with van der Waals surface area (Å²) < 4.78 is 5.25. The van der Waals surface area contributed by atoms with Crippen molar-refractivity contribution in [2.75, 3.05) is 6.61 Å². The van der Waals surface area contributed by atoms with Crippen molar-refractivity contribution in [2.45, 2.75) is 85.5 Å². The van der Waals surface area contributed by atoms with Gasteiger partial charge in [-0.25, -0.2) is 4.79 Å². The molecule has 0 aromatic rings. The zero-order chi connectivity index (χ0) is 14.5. The number of allylic oxidation sites excluding steroid dienone is 1. The number of rotatable bonds is 11. The van der Waals surface area contributed by atoms with E-state index in [-0.39, 0.29) is 29.9 Å². The third kappa shape index (κ3) is 9.84. The van der Waals surface area contributed by atoms with Crippen LogP contribution in [0, 0.1) is 0 Å². The summed E-state index contributed by atoms with van der Waals surface area (Å²) in [5.41, 5.74) is 2.33. The molecule has 0 rings (SSSR count). The van der Waals surface area contributed by atoms with Crippen LogP contribution in [0.1, 0.15) is 85.5 Å². The molecular formula is C17H36O2Sn. The van der Waals surface area contributed by atoms with E-state index >= 15 is 0 Å². The summed E-state index contributed by atoms with van der Waals surface area (Å²) in [6, 6.07) is 0. The monoisotopic (exact) mass is 392 g/mol. The van der Waals surface area contributed by atoms with Gasteiger partial charge in [-0.3, -0.25) is 0 Å². The van der Waals surface area contributed by atoms with Gasteiger partial charge in [-0.2, -0.15) is 0 Å². The third-order valence-electron chi connectivity index (χ3n) is 3.39. The average Bonchev–Trinajstić information content (AvgIpc) is 2.41. The molecule has 120 valence electrons. The van der Waals surface area contributed by atoms with Crippen LogP contribution in [-0.2, 0) is 9.53 Å². The van der Waals surface area contributed by atoms with Crippen LogP contribution < -0.4 is 0 Å². The molecular weight excluding hydrogens is 355 g/mol. The Kier molecular flexibility index (Phi) is 17.2. The fraction of sp³-hybridized carbons (Fsp3) is 0.824. The van der Waals surface area contributed by atoms with Gasteiger partial charge in [0, 0.05) is 5.57 Å². The summed E-state index contributed by atoms with van der Waals surface area (Å²) in [6.07, 6.45) is 9.93. The number of ether oxygens (including phenoxy) is 1. The topological polar surface area (TPSA) is 26.3 Å². The first-order valence-corrected chi connectivity index (χ1v) is 8.09. The summed E-state index contributed by atoms with van der Waals surface area (Å²) in [5.74, 6) is -0.0712. The van der Waals surface area contributed by atoms with Crippen molar-refractivity contribution in [3.63, 3.8) is 0 Å². The molecule has 0 radical (unpaired) electrons. The fourth-order valence-corrected chi connectivity index (χ4v) is 2.20. The molecule has 0 aliphatic heterocycles. The van der Waals surface area contributed by atoms with E-state index in [1.165, 1.54) is 31.3 Å². The summed E-state index contributed by atoms with van der Waals surface area (Å²) in [4.78, 5) is 12.1. The molecule has 0 spiro atoms. The van der Waals surface area contributed by atoms with Crippen molar-refractivity contribution in [3.8, 4) is 0 Å². The predicted octanol–water partition coefficient (Wildman–Crippen LogP) is 3.97. The molecule has 0 saturated carbocycles. The quantitative estimate of drug-likeness (QED) is 0.303. The van der Waals surface area contributed by atoms with Crippen molar-refractivity contribution in [1.82, 2.24) is 0 Å². The molecule has 0 aromatic heterocycles. The van der Waals surface area contributed by atoms with Crippen molar-refractivity contribution in [2.24, 2.45) is 0 Å². The number of carbonyl (C=O) groups excluding carboxylic acids is 1. The molecule has 0 fully saturated rings. The minimum atomic E-state index is -0.0712. The van der Waals surface area contributed by atoms with Gasteiger partial charge in [-0.15, -0.1) is 0 Å². The van der Waals surface area contributed by atoms with Crippen molar-refractivity contribution >= 4 is 29.9 Å². The molecule has 0 saturated heterocycles. The first-order chi connectivity index (χ1) is 9.21. The molecule has 0 heterocycles. The van der Waals surface area contributed by atoms with Gasteiger partial charge in [-0.05, 0) is 45.4 Å². The van der Waals surface area contributed by atoms with Crippen LogP contribution in [0.15, 0.2) is 11.1 Å². The second-order valence-corrected chi connectivity index (χ2v) is 5.11. The van der Waals surface area contributed by atoms with Crippen LogP contribution in [-0.4, -0.2) is 36.5 Å². The number of carbonyl (C=O) groups is 1. The SMILES string of the molecule is CCCCC(CCCC)=C(CCCC)C(=O)OCC.[SnH4]. The Morgan fingerprint density at radius 3 is 1.65 bits per heavy atom. The van der Waals surface area contributed by atoms with E-state index in [9.17, 15) is 4.79 Å². The van der Waals surface area contributed by atoms with Gasteiger partial charge in [0.05, 0.1) is 6.61 Å². The van der Waals surface area contributed by atoms with E-state index in [1.807, 2.05) is 6.92 Å². The third-order valence-corrected chi connectivity index (χ3v) is 3.39. The van der Waals surface area contributed by atoms with Gasteiger partial charge in [0.1, 0.15) is 0 Å². The molecule has 0 aliphatic rings. The molecule has 0 amide bonds. The number of hydrogen-bond acceptors (Lipinski definition) is 2. The molecule has 0 bridgehead atoms. The minimum absolute atomic E-state index is 0. The van der Waals surface area contributed by atoms with Crippen molar-refractivity contribution in [1.29, 1.82) is 0 Å². The van der Waals surface area contributed by atoms with E-state index in [2.05, 4.69) is 20.8 Å². The Hall–Kier alpha value is 0.00870. The molecule has 0 aliphatic carbocycles. The summed E-state index contributed by atoms with van der Waals surface area (Å²) >= 11 is 0. The predicted molar refractivity (Wildman–Crippen MR) is 93.6 cm³/mol. The Morgan fingerprint density at radius 2 is 1.25 bits per heavy atom. The van der Waals surface area contributed by atoms with Gasteiger partial charge < -0.3 is 4.74 Å². The van der Waals surface area contributed by atoms with Gasteiger partial charge >= 0.3 is 29.9 Å². The van der Waals surface area contributed by atoms with Gasteiger partial charge in [0.25, 0.3) is 0 Å². The molecule has 3 heteroatoms. The first kappa shape index (κ1) is 22.3. The van der Waals surface area contributed by atoms with Crippen LogP contribution >= 0.6 is 0 Å². The Balaban J connectivity index is 0. The Labute approximate surface area is 142 Å². The molecule has 2 nitrogen and oxygen atoms in total. The van der Waals surface area contributed by atoms with E-state index in [1.54, 1.807) is 0 Å². The average molecular weight is 391 g/mol. The van der Waals surface area contributed by atoms with Crippen LogP contribution in [0.2, 0.25) is 0 Å². The van der Waals surface area contributed by atoms with Gasteiger partial charge in [0.15, 0.2) is 0 Å². The summed E-state index contributed by atoms with van der Waals surface area (Å²) in [7, 11) is 0. The second-order valence-electron chi connectivity index (χ2n) is 5.11. The van der Waals surface area contributed by atoms with Crippen LogP contribution in [0.4, 0.5) is 0 Å². The zero-order valence-corrected chi connectivity index (χ0v) is 13.4. The normalized spacial score (nSPS) is 9.80. The maximum absolute atomic E-state index is 12.1. The van der Waals surface area contributed by atoms with Crippen molar-refractivity contribution in [3.05, 3.63) is 11.1 Å². The van der Waals surface area contributed by atoms with Gasteiger partial charge in [-0.1, -0.05) is 45.6 Å². The van der Waals surface area contributed by atoms with E-state index < -0.39 is 0 Å². The molecule has 0 unspecified atom stereocenters. The standard InChI is InChI=1S/C17H32O2.Sn.4H/c1-5-9-12-15(13-10-6-2)16(14-11-7-3)17(18)19-8-4;;;;;/h5-14H2,1-4H3;;;;;. The maximum atomic E-state index is 12.1. The molecule has 0 N–H and O–H groups in total. The zero-order valence-electron chi connectivity index (χ0n) is 13.4. The number of esters is 1. The Bertz CT molecular complexity index is 262. The summed E-state index contributed by atoms with van der Waals surface area (Å²) in [6.45, 7) is 8.93. The van der Waals surface area contributed by atoms with Crippen LogP contribution in [0.5, 0.6) is 0 Å². The van der Waals surface area contributed by atoms with Gasteiger partial charge in [0.2, 0.25) is 0 Å². The molecule has 20 heavy (non-hydrogen) atoms.